The summed E-state index contributed by atoms with van der Waals surface area (Å²) in [6, 6.07) is 12.6. The molecule has 0 fully saturated rings. The van der Waals surface area contributed by atoms with E-state index in [4.69, 9.17) is 4.74 Å². The number of nitrogens with zero attached hydrogens (tertiary/aromatic N) is 1. The van der Waals surface area contributed by atoms with Gasteiger partial charge in [-0.3, -0.25) is 9.36 Å². The van der Waals surface area contributed by atoms with Crippen molar-refractivity contribution >= 4 is 16.9 Å². The molecule has 1 N–H and O–H groups in total. The van der Waals surface area contributed by atoms with Crippen LogP contribution in [0.15, 0.2) is 59.7 Å². The maximum absolute atomic E-state index is 12.7. The molecule has 0 saturated carbocycles. The molecule has 5 nitrogen and oxygen atoms in total. The zero-order chi connectivity index (χ0) is 16.2. The second kappa shape index (κ2) is 6.52. The Hall–Kier alpha value is -2.82. The molecule has 1 aromatic carbocycles. The summed E-state index contributed by atoms with van der Waals surface area (Å²) in [5, 5.41) is 0.827. The number of H-pyrrole nitrogens is 1. The minimum atomic E-state index is -0.683. The third kappa shape index (κ3) is 3.04. The van der Waals surface area contributed by atoms with Crippen molar-refractivity contribution in [3.05, 3.63) is 70.8 Å². The normalized spacial score (nSPS) is 12.2. The number of aromatic nitrogens is 2. The first kappa shape index (κ1) is 15.1. The highest BCUT2D eigenvalue weighted by Gasteiger charge is 2.24. The predicted molar refractivity (Wildman–Crippen MR) is 88.4 cm³/mol. The first-order chi connectivity index (χ1) is 11.2. The van der Waals surface area contributed by atoms with Gasteiger partial charge in [0.15, 0.2) is 0 Å². The molecule has 0 spiro atoms. The SMILES string of the molecule is CCOC(=O)[C@H](Cc1ccccc1)n1ccc2cc[nH]c2c1=O. The summed E-state index contributed by atoms with van der Waals surface area (Å²) in [6.45, 7) is 2.04. The number of hydrogen-bond donors (Lipinski definition) is 1. The smallest absolute Gasteiger partial charge is 0.329 e. The van der Waals surface area contributed by atoms with Crippen LogP contribution in [0, 0.1) is 0 Å². The van der Waals surface area contributed by atoms with Gasteiger partial charge in [0.05, 0.1) is 6.61 Å². The average Bonchev–Trinajstić information content (AvgIpc) is 3.04. The van der Waals surface area contributed by atoms with Crippen LogP contribution in [-0.2, 0) is 16.0 Å². The molecule has 0 aliphatic heterocycles. The fourth-order valence-electron chi connectivity index (χ4n) is 2.68. The van der Waals surface area contributed by atoms with Crippen LogP contribution in [0.4, 0.5) is 0 Å². The van der Waals surface area contributed by atoms with E-state index in [1.54, 1.807) is 19.3 Å². The number of nitrogens with one attached hydrogen (secondary N) is 1. The van der Waals surface area contributed by atoms with Crippen molar-refractivity contribution < 1.29 is 9.53 Å². The van der Waals surface area contributed by atoms with Gasteiger partial charge in [-0.25, -0.2) is 4.79 Å². The molecule has 2 heterocycles. The van der Waals surface area contributed by atoms with E-state index in [9.17, 15) is 9.59 Å². The van der Waals surface area contributed by atoms with Gasteiger partial charge in [0.25, 0.3) is 5.56 Å². The topological polar surface area (TPSA) is 64.1 Å². The van der Waals surface area contributed by atoms with E-state index in [-0.39, 0.29) is 12.2 Å². The van der Waals surface area contributed by atoms with Crippen molar-refractivity contribution in [3.63, 3.8) is 0 Å². The molecular formula is C18H18N2O3. The zero-order valence-electron chi connectivity index (χ0n) is 12.9. The Kier molecular flexibility index (Phi) is 4.28. The van der Waals surface area contributed by atoms with E-state index in [1.165, 1.54) is 4.57 Å². The van der Waals surface area contributed by atoms with E-state index in [0.29, 0.717) is 11.9 Å². The van der Waals surface area contributed by atoms with Crippen molar-refractivity contribution in [3.8, 4) is 0 Å². The molecule has 23 heavy (non-hydrogen) atoms. The Morgan fingerprint density at radius 1 is 1.22 bits per heavy atom. The molecule has 2 aromatic heterocycles. The van der Waals surface area contributed by atoms with Crippen LogP contribution in [0.3, 0.4) is 0 Å². The minimum absolute atomic E-state index is 0.221. The fourth-order valence-corrected chi connectivity index (χ4v) is 2.68. The maximum atomic E-state index is 12.7. The first-order valence-electron chi connectivity index (χ1n) is 7.59. The molecule has 118 valence electrons. The van der Waals surface area contributed by atoms with Gasteiger partial charge in [-0.1, -0.05) is 30.3 Å². The van der Waals surface area contributed by atoms with Crippen molar-refractivity contribution in [1.29, 1.82) is 0 Å². The van der Waals surface area contributed by atoms with E-state index in [2.05, 4.69) is 4.98 Å². The molecular weight excluding hydrogens is 292 g/mol. The Morgan fingerprint density at radius 3 is 2.74 bits per heavy atom. The largest absolute Gasteiger partial charge is 0.464 e. The van der Waals surface area contributed by atoms with Gasteiger partial charge >= 0.3 is 5.97 Å². The number of benzene rings is 1. The Morgan fingerprint density at radius 2 is 2.00 bits per heavy atom. The van der Waals surface area contributed by atoms with E-state index < -0.39 is 12.0 Å². The minimum Gasteiger partial charge on any atom is -0.464 e. The summed E-state index contributed by atoms with van der Waals surface area (Å²) in [7, 11) is 0. The fraction of sp³-hybridized carbons (Fsp3) is 0.222. The van der Waals surface area contributed by atoms with Crippen LogP contribution in [0.1, 0.15) is 18.5 Å². The number of ether oxygens (including phenoxy) is 1. The number of pyridine rings is 1. The number of rotatable bonds is 5. The standard InChI is InChI=1S/C18H18N2O3/c1-2-23-18(22)15(12-13-6-4-3-5-7-13)20-11-9-14-8-10-19-16(14)17(20)21/h3-11,15,19H,2,12H2,1H3/t15-/m0/s1. The summed E-state index contributed by atoms with van der Waals surface area (Å²) < 4.78 is 6.62. The maximum Gasteiger partial charge on any atom is 0.329 e. The number of hydrogen-bond acceptors (Lipinski definition) is 3. The lowest BCUT2D eigenvalue weighted by atomic mass is 10.1. The molecule has 0 unspecified atom stereocenters. The van der Waals surface area contributed by atoms with Crippen LogP contribution in [0.25, 0.3) is 10.9 Å². The number of fused-ring (bicyclic) bond motifs is 1. The van der Waals surface area contributed by atoms with E-state index in [0.717, 1.165) is 10.9 Å². The predicted octanol–water partition coefficient (Wildman–Crippen LogP) is 2.68. The summed E-state index contributed by atoms with van der Waals surface area (Å²) in [4.78, 5) is 28.0. The molecule has 0 amide bonds. The lowest BCUT2D eigenvalue weighted by Gasteiger charge is -2.18. The Bertz CT molecular complexity index is 865. The molecule has 0 saturated heterocycles. The second-order valence-electron chi connectivity index (χ2n) is 5.29. The van der Waals surface area contributed by atoms with Gasteiger partial charge in [0.2, 0.25) is 0 Å². The average molecular weight is 310 g/mol. The van der Waals surface area contributed by atoms with Gasteiger partial charge in [-0.2, -0.15) is 0 Å². The van der Waals surface area contributed by atoms with E-state index >= 15 is 0 Å². The van der Waals surface area contributed by atoms with E-state index in [1.807, 2.05) is 42.5 Å². The monoisotopic (exact) mass is 310 g/mol. The third-order valence-corrected chi connectivity index (χ3v) is 3.81. The lowest BCUT2D eigenvalue weighted by molar-refractivity contribution is -0.147. The molecule has 0 aliphatic rings. The highest BCUT2D eigenvalue weighted by atomic mass is 16.5. The Balaban J connectivity index is 2.04. The third-order valence-electron chi connectivity index (χ3n) is 3.81. The molecule has 3 rings (SSSR count). The van der Waals surface area contributed by atoms with Gasteiger partial charge in [-0.05, 0) is 24.6 Å². The summed E-state index contributed by atoms with van der Waals surface area (Å²) in [6.07, 6.45) is 3.78. The van der Waals surface area contributed by atoms with Crippen LogP contribution in [0.2, 0.25) is 0 Å². The summed E-state index contributed by atoms with van der Waals surface area (Å²) in [5.41, 5.74) is 1.25. The van der Waals surface area contributed by atoms with Crippen LogP contribution in [0.5, 0.6) is 0 Å². The van der Waals surface area contributed by atoms with Crippen LogP contribution >= 0.6 is 0 Å². The van der Waals surface area contributed by atoms with Crippen molar-refractivity contribution in [1.82, 2.24) is 9.55 Å². The molecule has 0 aliphatic carbocycles. The highest BCUT2D eigenvalue weighted by molar-refractivity contribution is 5.79. The number of aromatic amines is 1. The van der Waals surface area contributed by atoms with Crippen LogP contribution in [-0.4, -0.2) is 22.1 Å². The van der Waals surface area contributed by atoms with Crippen molar-refractivity contribution in [2.24, 2.45) is 0 Å². The molecule has 0 bridgehead atoms. The quantitative estimate of drug-likeness (QED) is 0.737. The summed E-state index contributed by atoms with van der Waals surface area (Å²) >= 11 is 0. The molecule has 1 atom stereocenters. The molecule has 5 heteroatoms. The molecule has 0 radical (unpaired) electrons. The van der Waals surface area contributed by atoms with Gasteiger partial charge in [-0.15, -0.1) is 0 Å². The number of esters is 1. The Labute approximate surface area is 133 Å². The van der Waals surface area contributed by atoms with Gasteiger partial charge in [0, 0.05) is 24.2 Å². The van der Waals surface area contributed by atoms with Crippen molar-refractivity contribution in [2.45, 2.75) is 19.4 Å². The molecule has 3 aromatic rings. The lowest BCUT2D eigenvalue weighted by Crippen LogP contribution is -2.32. The summed E-state index contributed by atoms with van der Waals surface area (Å²) in [5.74, 6) is -0.399. The van der Waals surface area contributed by atoms with Crippen molar-refractivity contribution in [2.75, 3.05) is 6.61 Å². The van der Waals surface area contributed by atoms with Crippen LogP contribution < -0.4 is 5.56 Å². The van der Waals surface area contributed by atoms with Gasteiger partial charge < -0.3 is 9.72 Å². The zero-order valence-corrected chi connectivity index (χ0v) is 12.9. The highest BCUT2D eigenvalue weighted by Crippen LogP contribution is 2.17. The number of carbonyl (C=O) groups excluding carboxylic acids is 1. The first-order valence-corrected chi connectivity index (χ1v) is 7.59. The number of carbonyl (C=O) groups is 1. The second-order valence-corrected chi connectivity index (χ2v) is 5.29. The van der Waals surface area contributed by atoms with Gasteiger partial charge in [0.1, 0.15) is 11.6 Å².